The van der Waals surface area contributed by atoms with E-state index in [0.717, 1.165) is 24.8 Å². The summed E-state index contributed by atoms with van der Waals surface area (Å²) in [6.07, 6.45) is 2.48. The maximum Gasteiger partial charge on any atom is 0.196 e. The van der Waals surface area contributed by atoms with E-state index in [-0.39, 0.29) is 11.3 Å². The summed E-state index contributed by atoms with van der Waals surface area (Å²) in [5, 5.41) is 3.21. The third-order valence-corrected chi connectivity index (χ3v) is 3.12. The minimum absolute atomic E-state index is 0.0657. The summed E-state index contributed by atoms with van der Waals surface area (Å²) in [5.74, 6) is -0.884. The number of fused-ring (bicyclic) bond motifs is 1. The Hall–Kier alpha value is -2.07. The number of benzene rings is 1. The number of aromatic nitrogens is 1. The van der Waals surface area contributed by atoms with E-state index in [1.54, 1.807) is 6.07 Å². The Morgan fingerprint density at radius 1 is 1.22 bits per heavy atom. The predicted octanol–water partition coefficient (Wildman–Crippen LogP) is 2.05. The van der Waals surface area contributed by atoms with Crippen LogP contribution in [0.5, 0.6) is 0 Å². The van der Waals surface area contributed by atoms with E-state index in [2.05, 4.69) is 10.3 Å². The number of hydrogen-bond acceptors (Lipinski definition) is 3. The summed E-state index contributed by atoms with van der Waals surface area (Å²) in [6.45, 7) is 1.59. The first-order valence-electron chi connectivity index (χ1n) is 5.72. The van der Waals surface area contributed by atoms with Crippen molar-refractivity contribution in [1.82, 2.24) is 10.3 Å². The summed E-state index contributed by atoms with van der Waals surface area (Å²) < 4.78 is 13.5. The Balaban J connectivity index is 2.01. The van der Waals surface area contributed by atoms with Crippen molar-refractivity contribution in [1.29, 1.82) is 0 Å². The molecule has 0 saturated heterocycles. The van der Waals surface area contributed by atoms with Gasteiger partial charge in [-0.05, 0) is 23.3 Å². The molecule has 0 unspecified atom stereocenters. The first-order chi connectivity index (χ1) is 8.75. The molecule has 3 rings (SSSR count). The second-order valence-corrected chi connectivity index (χ2v) is 4.27. The Bertz CT molecular complexity index is 625. The molecule has 0 fully saturated rings. The van der Waals surface area contributed by atoms with Crippen LogP contribution in [0.25, 0.3) is 0 Å². The fraction of sp³-hybridized carbons (Fsp3) is 0.143. The molecule has 0 saturated carbocycles. The first-order valence-corrected chi connectivity index (χ1v) is 5.72. The third kappa shape index (κ3) is 1.80. The fourth-order valence-corrected chi connectivity index (χ4v) is 2.15. The zero-order chi connectivity index (χ0) is 12.5. The first kappa shape index (κ1) is 11.0. The number of nitrogens with zero attached hydrogens (tertiary/aromatic N) is 1. The van der Waals surface area contributed by atoms with Crippen molar-refractivity contribution in [3.63, 3.8) is 0 Å². The van der Waals surface area contributed by atoms with Crippen molar-refractivity contribution >= 4 is 5.78 Å². The molecular weight excluding hydrogens is 231 g/mol. The second-order valence-electron chi connectivity index (χ2n) is 4.27. The van der Waals surface area contributed by atoms with Gasteiger partial charge in [0.05, 0.1) is 11.8 Å². The maximum absolute atomic E-state index is 13.5. The number of pyridine rings is 1. The van der Waals surface area contributed by atoms with E-state index in [1.807, 2.05) is 12.1 Å². The van der Waals surface area contributed by atoms with Crippen molar-refractivity contribution in [2.24, 2.45) is 0 Å². The molecule has 1 aromatic heterocycles. The average Bonchev–Trinajstić information content (AvgIpc) is 2.85. The molecule has 0 spiro atoms. The van der Waals surface area contributed by atoms with Crippen LogP contribution in [0.1, 0.15) is 27.0 Å². The lowest BCUT2D eigenvalue weighted by molar-refractivity contribution is 0.103. The maximum atomic E-state index is 13.5. The lowest BCUT2D eigenvalue weighted by atomic mass is 10.00. The van der Waals surface area contributed by atoms with Gasteiger partial charge in [-0.15, -0.1) is 0 Å². The number of hydrogen-bond donors (Lipinski definition) is 1. The molecule has 2 aromatic rings. The van der Waals surface area contributed by atoms with Crippen LogP contribution in [0.4, 0.5) is 4.39 Å². The molecule has 0 amide bonds. The smallest absolute Gasteiger partial charge is 0.196 e. The highest BCUT2D eigenvalue weighted by Gasteiger charge is 2.17. The molecule has 4 heteroatoms. The zero-order valence-electron chi connectivity index (χ0n) is 9.61. The Kier molecular flexibility index (Phi) is 2.64. The number of halogens is 1. The van der Waals surface area contributed by atoms with Gasteiger partial charge in [0.2, 0.25) is 0 Å². The predicted molar refractivity (Wildman–Crippen MR) is 64.6 cm³/mol. The summed E-state index contributed by atoms with van der Waals surface area (Å²) in [6, 6.07) is 6.90. The standard InChI is InChI=1S/C14H11FN2O/c15-13-8-16-4-3-12(13)14(18)9-1-2-10-6-17-7-11(10)5-9/h1-5,8,17H,6-7H2. The minimum atomic E-state index is -0.582. The van der Waals surface area contributed by atoms with Crippen molar-refractivity contribution in [2.45, 2.75) is 13.1 Å². The molecule has 90 valence electrons. The normalized spacial score (nSPS) is 13.4. The minimum Gasteiger partial charge on any atom is -0.309 e. The highest BCUT2D eigenvalue weighted by atomic mass is 19.1. The molecule has 3 nitrogen and oxygen atoms in total. The van der Waals surface area contributed by atoms with E-state index in [1.165, 1.54) is 17.8 Å². The Morgan fingerprint density at radius 3 is 2.89 bits per heavy atom. The number of nitrogens with one attached hydrogen (secondary N) is 1. The van der Waals surface area contributed by atoms with Crippen molar-refractivity contribution in [3.8, 4) is 0 Å². The van der Waals surface area contributed by atoms with Crippen LogP contribution in [-0.4, -0.2) is 10.8 Å². The van der Waals surface area contributed by atoms with E-state index >= 15 is 0 Å². The molecule has 1 aliphatic heterocycles. The van der Waals surface area contributed by atoms with Crippen LogP contribution >= 0.6 is 0 Å². The molecule has 0 radical (unpaired) electrons. The van der Waals surface area contributed by atoms with Gasteiger partial charge in [0.1, 0.15) is 0 Å². The molecule has 1 aliphatic rings. The van der Waals surface area contributed by atoms with Gasteiger partial charge in [-0.3, -0.25) is 9.78 Å². The number of rotatable bonds is 2. The molecule has 0 bridgehead atoms. The molecular formula is C14H11FN2O. The van der Waals surface area contributed by atoms with E-state index in [4.69, 9.17) is 0 Å². The molecule has 1 aromatic carbocycles. The molecule has 18 heavy (non-hydrogen) atoms. The SMILES string of the molecule is O=C(c1ccc2c(c1)CNC2)c1ccncc1F. The van der Waals surface area contributed by atoms with Gasteiger partial charge < -0.3 is 5.32 Å². The van der Waals surface area contributed by atoms with Gasteiger partial charge in [-0.1, -0.05) is 12.1 Å². The van der Waals surface area contributed by atoms with Gasteiger partial charge in [-0.2, -0.15) is 0 Å². The van der Waals surface area contributed by atoms with Gasteiger partial charge in [0.25, 0.3) is 0 Å². The summed E-state index contributed by atoms with van der Waals surface area (Å²) in [7, 11) is 0. The molecule has 2 heterocycles. The van der Waals surface area contributed by atoms with Crippen LogP contribution in [-0.2, 0) is 13.1 Å². The van der Waals surface area contributed by atoms with Crippen LogP contribution in [0, 0.1) is 5.82 Å². The second kappa shape index (κ2) is 4.31. The van der Waals surface area contributed by atoms with Crippen LogP contribution in [0.3, 0.4) is 0 Å². The van der Waals surface area contributed by atoms with Crippen LogP contribution in [0.15, 0.2) is 36.7 Å². The topological polar surface area (TPSA) is 42.0 Å². The van der Waals surface area contributed by atoms with Gasteiger partial charge in [-0.25, -0.2) is 4.39 Å². The van der Waals surface area contributed by atoms with Crippen molar-refractivity contribution in [3.05, 3.63) is 64.7 Å². The van der Waals surface area contributed by atoms with Gasteiger partial charge >= 0.3 is 0 Å². The highest BCUT2D eigenvalue weighted by molar-refractivity contribution is 6.09. The summed E-state index contributed by atoms with van der Waals surface area (Å²) >= 11 is 0. The molecule has 0 aliphatic carbocycles. The van der Waals surface area contributed by atoms with Crippen molar-refractivity contribution < 1.29 is 9.18 Å². The van der Waals surface area contributed by atoms with Crippen LogP contribution in [0.2, 0.25) is 0 Å². The van der Waals surface area contributed by atoms with Gasteiger partial charge in [0, 0.05) is 24.8 Å². The average molecular weight is 242 g/mol. The number of carbonyl (C=O) groups is 1. The number of carbonyl (C=O) groups excluding carboxylic acids is 1. The quantitative estimate of drug-likeness (QED) is 0.819. The molecule has 1 N–H and O–H groups in total. The lowest BCUT2D eigenvalue weighted by Crippen LogP contribution is -2.05. The third-order valence-electron chi connectivity index (χ3n) is 3.12. The monoisotopic (exact) mass is 242 g/mol. The molecule has 0 atom stereocenters. The zero-order valence-corrected chi connectivity index (χ0v) is 9.61. The van der Waals surface area contributed by atoms with Gasteiger partial charge in [0.15, 0.2) is 11.6 Å². The largest absolute Gasteiger partial charge is 0.309 e. The Labute approximate surface area is 104 Å². The van der Waals surface area contributed by atoms with E-state index in [0.29, 0.717) is 5.56 Å². The van der Waals surface area contributed by atoms with E-state index < -0.39 is 5.82 Å². The van der Waals surface area contributed by atoms with Crippen LogP contribution < -0.4 is 5.32 Å². The fourth-order valence-electron chi connectivity index (χ4n) is 2.15. The summed E-state index contributed by atoms with van der Waals surface area (Å²) in [4.78, 5) is 15.8. The summed E-state index contributed by atoms with van der Waals surface area (Å²) in [5.41, 5.74) is 2.88. The highest BCUT2D eigenvalue weighted by Crippen LogP contribution is 2.19. The Morgan fingerprint density at radius 2 is 2.06 bits per heavy atom. The van der Waals surface area contributed by atoms with Crippen molar-refractivity contribution in [2.75, 3.05) is 0 Å². The number of ketones is 1. The van der Waals surface area contributed by atoms with E-state index in [9.17, 15) is 9.18 Å². The lowest BCUT2D eigenvalue weighted by Gasteiger charge is -2.04.